The van der Waals surface area contributed by atoms with E-state index in [1.54, 1.807) is 23.9 Å². The highest BCUT2D eigenvalue weighted by Gasteiger charge is 2.31. The van der Waals surface area contributed by atoms with Crippen LogP contribution in [0.5, 0.6) is 0 Å². The first kappa shape index (κ1) is 13.3. The van der Waals surface area contributed by atoms with Crippen LogP contribution in [0.25, 0.3) is 0 Å². The second-order valence-electron chi connectivity index (χ2n) is 5.08. The highest BCUT2D eigenvalue weighted by atomic mass is 32.2. The lowest BCUT2D eigenvalue weighted by Crippen LogP contribution is -2.21. The highest BCUT2D eigenvalue weighted by Crippen LogP contribution is 2.38. The van der Waals surface area contributed by atoms with Crippen molar-refractivity contribution < 1.29 is 4.92 Å². The van der Waals surface area contributed by atoms with Gasteiger partial charge in [0.05, 0.1) is 10.6 Å². The molecule has 1 aromatic carbocycles. The summed E-state index contributed by atoms with van der Waals surface area (Å²) in [6.07, 6.45) is 0. The minimum Gasteiger partial charge on any atom is -0.293 e. The fraction of sp³-hybridized carbons (Fsp3) is 0.333. The zero-order chi connectivity index (χ0) is 14.3. The summed E-state index contributed by atoms with van der Waals surface area (Å²) in [4.78, 5) is 15.5. The molecular formula is C12H12N4O2S2. The summed E-state index contributed by atoms with van der Waals surface area (Å²) in [6.45, 7) is 5.22. The molecular weight excluding hydrogens is 296 g/mol. The Labute approximate surface area is 123 Å². The Balaban J connectivity index is 1.96. The van der Waals surface area contributed by atoms with Crippen LogP contribution < -0.4 is 4.80 Å². The van der Waals surface area contributed by atoms with Crippen LogP contribution in [0.3, 0.4) is 0 Å². The van der Waals surface area contributed by atoms with Crippen LogP contribution in [0.2, 0.25) is 0 Å². The molecule has 8 heteroatoms. The van der Waals surface area contributed by atoms with E-state index in [4.69, 9.17) is 0 Å². The molecule has 0 spiro atoms. The number of nitrogens with zero attached hydrogens (tertiary/aromatic N) is 4. The number of benzene rings is 1. The van der Waals surface area contributed by atoms with Gasteiger partial charge in [-0.2, -0.15) is 4.37 Å². The Morgan fingerprint density at radius 1 is 1.40 bits per heavy atom. The molecule has 0 unspecified atom stereocenters. The van der Waals surface area contributed by atoms with Gasteiger partial charge in [-0.15, -0.1) is 0 Å². The molecule has 0 fully saturated rings. The average Bonchev–Trinajstić information content (AvgIpc) is 2.87. The van der Waals surface area contributed by atoms with Crippen LogP contribution in [0.1, 0.15) is 13.8 Å². The number of nitro groups is 1. The van der Waals surface area contributed by atoms with Crippen LogP contribution in [0.4, 0.5) is 11.4 Å². The smallest absolute Gasteiger partial charge is 0.269 e. The number of aromatic nitrogens is 2. The lowest BCUT2D eigenvalue weighted by molar-refractivity contribution is -0.384. The first-order valence-corrected chi connectivity index (χ1v) is 7.58. The van der Waals surface area contributed by atoms with Crippen molar-refractivity contribution in [2.45, 2.75) is 30.3 Å². The van der Waals surface area contributed by atoms with Crippen molar-refractivity contribution in [3.05, 3.63) is 39.2 Å². The van der Waals surface area contributed by atoms with Gasteiger partial charge in [0.25, 0.3) is 5.69 Å². The van der Waals surface area contributed by atoms with E-state index < -0.39 is 4.92 Å². The molecule has 0 radical (unpaired) electrons. The lowest BCUT2D eigenvalue weighted by Gasteiger charge is -2.12. The fourth-order valence-electron chi connectivity index (χ4n) is 1.97. The van der Waals surface area contributed by atoms with Gasteiger partial charge in [0.1, 0.15) is 0 Å². The highest BCUT2D eigenvalue weighted by molar-refractivity contribution is 8.00. The van der Waals surface area contributed by atoms with Crippen molar-refractivity contribution >= 4 is 34.7 Å². The third kappa shape index (κ3) is 2.48. The summed E-state index contributed by atoms with van der Waals surface area (Å²) in [5, 5.41) is 11.6. The molecule has 104 valence electrons. The van der Waals surface area contributed by atoms with E-state index in [0.717, 1.165) is 16.5 Å². The standard InChI is InChI=1S/C12H12N4O2S2/c1-12(2)7-15-10(20-14-11(15)19-12)13-8-3-5-9(6-4-8)16(17)18/h3-6H,7H2,1-2H3. The van der Waals surface area contributed by atoms with Crippen molar-refractivity contribution in [3.63, 3.8) is 0 Å². The van der Waals surface area contributed by atoms with Gasteiger partial charge >= 0.3 is 0 Å². The molecule has 0 bridgehead atoms. The number of rotatable bonds is 2. The summed E-state index contributed by atoms with van der Waals surface area (Å²) in [7, 11) is 0. The van der Waals surface area contributed by atoms with E-state index in [-0.39, 0.29) is 10.4 Å². The normalized spacial score (nSPS) is 17.2. The molecule has 20 heavy (non-hydrogen) atoms. The molecule has 1 aliphatic rings. The predicted molar refractivity (Wildman–Crippen MR) is 78.4 cm³/mol. The molecule has 0 aliphatic carbocycles. The molecule has 6 nitrogen and oxygen atoms in total. The fourth-order valence-corrected chi connectivity index (χ4v) is 3.89. The van der Waals surface area contributed by atoms with Crippen LogP contribution in [0.15, 0.2) is 34.4 Å². The summed E-state index contributed by atoms with van der Waals surface area (Å²) in [5.74, 6) is 0. The molecule has 2 heterocycles. The van der Waals surface area contributed by atoms with Gasteiger partial charge in [-0.1, -0.05) is 11.8 Å². The molecule has 0 N–H and O–H groups in total. The summed E-state index contributed by atoms with van der Waals surface area (Å²) in [6, 6.07) is 6.23. The Morgan fingerprint density at radius 3 is 2.75 bits per heavy atom. The molecule has 0 amide bonds. The van der Waals surface area contributed by atoms with E-state index in [9.17, 15) is 10.1 Å². The quantitative estimate of drug-likeness (QED) is 0.631. The third-order valence-electron chi connectivity index (χ3n) is 2.86. The van der Waals surface area contributed by atoms with Gasteiger partial charge in [-0.25, -0.2) is 4.99 Å². The Morgan fingerprint density at radius 2 is 2.10 bits per heavy atom. The van der Waals surface area contributed by atoms with Crippen molar-refractivity contribution in [3.8, 4) is 0 Å². The maximum atomic E-state index is 10.6. The monoisotopic (exact) mass is 308 g/mol. The van der Waals surface area contributed by atoms with Crippen LogP contribution in [0, 0.1) is 10.1 Å². The Kier molecular flexibility index (Phi) is 3.14. The van der Waals surface area contributed by atoms with E-state index in [0.29, 0.717) is 5.69 Å². The topological polar surface area (TPSA) is 73.3 Å². The second kappa shape index (κ2) is 4.71. The van der Waals surface area contributed by atoms with Crippen molar-refractivity contribution in [2.24, 2.45) is 4.99 Å². The summed E-state index contributed by atoms with van der Waals surface area (Å²) < 4.78 is 6.63. The van der Waals surface area contributed by atoms with Gasteiger partial charge in [0, 0.05) is 35.0 Å². The van der Waals surface area contributed by atoms with Crippen LogP contribution >= 0.6 is 23.3 Å². The maximum Gasteiger partial charge on any atom is 0.269 e. The number of non-ortho nitro benzene ring substituents is 1. The number of fused-ring (bicyclic) bond motifs is 1. The maximum absolute atomic E-state index is 10.6. The summed E-state index contributed by atoms with van der Waals surface area (Å²) in [5.41, 5.74) is 0.770. The van der Waals surface area contributed by atoms with Gasteiger partial charge in [-0.3, -0.25) is 14.7 Å². The SMILES string of the molecule is CC1(C)Cn2c(nsc2=Nc2ccc([N+](=O)[O-])cc2)S1. The van der Waals surface area contributed by atoms with Gasteiger partial charge in [0.2, 0.25) is 4.80 Å². The van der Waals surface area contributed by atoms with E-state index in [1.165, 1.54) is 23.7 Å². The Bertz CT molecular complexity index is 731. The minimum atomic E-state index is -0.415. The Hall–Kier alpha value is -1.67. The van der Waals surface area contributed by atoms with Gasteiger partial charge in [0.15, 0.2) is 5.16 Å². The lowest BCUT2D eigenvalue weighted by atomic mass is 10.2. The zero-order valence-corrected chi connectivity index (χ0v) is 12.6. The minimum absolute atomic E-state index is 0.0721. The number of hydrogen-bond acceptors (Lipinski definition) is 6. The van der Waals surface area contributed by atoms with E-state index in [2.05, 4.69) is 27.8 Å². The van der Waals surface area contributed by atoms with Crippen LogP contribution in [-0.2, 0) is 6.54 Å². The number of hydrogen-bond donors (Lipinski definition) is 0. The molecule has 1 aliphatic heterocycles. The van der Waals surface area contributed by atoms with Crippen molar-refractivity contribution in [2.75, 3.05) is 0 Å². The van der Waals surface area contributed by atoms with E-state index >= 15 is 0 Å². The first-order chi connectivity index (χ1) is 9.44. The molecule has 0 atom stereocenters. The van der Waals surface area contributed by atoms with Gasteiger partial charge in [-0.05, 0) is 26.0 Å². The largest absolute Gasteiger partial charge is 0.293 e. The number of thioether (sulfide) groups is 1. The molecule has 2 aromatic rings. The molecule has 3 rings (SSSR count). The molecule has 1 aromatic heterocycles. The van der Waals surface area contributed by atoms with E-state index in [1.807, 2.05) is 0 Å². The molecule has 0 saturated heterocycles. The average molecular weight is 308 g/mol. The first-order valence-electron chi connectivity index (χ1n) is 5.99. The zero-order valence-electron chi connectivity index (χ0n) is 10.9. The van der Waals surface area contributed by atoms with Crippen molar-refractivity contribution in [1.29, 1.82) is 0 Å². The van der Waals surface area contributed by atoms with Crippen molar-refractivity contribution in [1.82, 2.24) is 8.94 Å². The third-order valence-corrected chi connectivity index (χ3v) is 4.89. The number of nitro benzene ring substituents is 1. The molecule has 0 saturated carbocycles. The predicted octanol–water partition coefficient (Wildman–Crippen LogP) is 2.97. The van der Waals surface area contributed by atoms with Crippen LogP contribution in [-0.4, -0.2) is 18.6 Å². The summed E-state index contributed by atoms with van der Waals surface area (Å²) >= 11 is 3.09. The second-order valence-corrected chi connectivity index (χ2v) is 7.49. The van der Waals surface area contributed by atoms with Gasteiger partial charge < -0.3 is 0 Å².